The fourth-order valence-electron chi connectivity index (χ4n) is 5.57. The lowest BCUT2D eigenvalue weighted by Crippen LogP contribution is -2.50. The molecular formula is C30H34F3N3O4. The summed E-state index contributed by atoms with van der Waals surface area (Å²) in [6.07, 6.45) is 9.89. The Morgan fingerprint density at radius 3 is 2.58 bits per heavy atom. The molecule has 214 valence electrons. The molecule has 1 aromatic rings. The van der Waals surface area contributed by atoms with Gasteiger partial charge in [0, 0.05) is 36.6 Å². The van der Waals surface area contributed by atoms with Crippen LogP contribution < -0.4 is 10.1 Å². The van der Waals surface area contributed by atoms with E-state index < -0.39 is 12.0 Å². The molecule has 3 aliphatic rings. The van der Waals surface area contributed by atoms with Crippen LogP contribution in [0.15, 0.2) is 64.7 Å². The number of aldehydes is 1. The first-order valence-corrected chi connectivity index (χ1v) is 13.7. The van der Waals surface area contributed by atoms with E-state index in [1.165, 1.54) is 24.3 Å². The van der Waals surface area contributed by atoms with E-state index >= 15 is 0 Å². The molecule has 1 heterocycles. The Kier molecular flexibility index (Phi) is 9.27. The molecule has 1 N–H and O–H groups in total. The lowest BCUT2D eigenvalue weighted by Gasteiger charge is -2.41. The van der Waals surface area contributed by atoms with E-state index in [0.717, 1.165) is 44.0 Å². The first-order valence-electron chi connectivity index (χ1n) is 13.7. The van der Waals surface area contributed by atoms with Gasteiger partial charge < -0.3 is 19.7 Å². The average molecular weight is 558 g/mol. The zero-order valence-corrected chi connectivity index (χ0v) is 22.5. The molecule has 1 unspecified atom stereocenters. The van der Waals surface area contributed by atoms with Gasteiger partial charge in [-0.2, -0.15) is 0 Å². The van der Waals surface area contributed by atoms with Gasteiger partial charge in [-0.3, -0.25) is 14.6 Å². The van der Waals surface area contributed by atoms with Crippen molar-refractivity contribution in [1.82, 2.24) is 10.2 Å². The summed E-state index contributed by atoms with van der Waals surface area (Å²) < 4.78 is 41.8. The van der Waals surface area contributed by atoms with Crippen LogP contribution in [-0.4, -0.2) is 53.8 Å². The number of aliphatic imine (C=N–C) groups is 1. The van der Waals surface area contributed by atoms with Crippen molar-refractivity contribution in [2.45, 2.75) is 70.3 Å². The zero-order chi connectivity index (χ0) is 28.8. The Hall–Kier alpha value is -3.69. The van der Waals surface area contributed by atoms with Gasteiger partial charge >= 0.3 is 6.36 Å². The normalized spacial score (nSPS) is 21.9. The van der Waals surface area contributed by atoms with Gasteiger partial charge in [-0.15, -0.1) is 13.2 Å². The third-order valence-corrected chi connectivity index (χ3v) is 7.71. The van der Waals surface area contributed by atoms with Crippen LogP contribution in [0.1, 0.15) is 63.9 Å². The third kappa shape index (κ3) is 7.08. The van der Waals surface area contributed by atoms with Gasteiger partial charge in [0.25, 0.3) is 11.8 Å². The van der Waals surface area contributed by atoms with E-state index in [9.17, 15) is 27.6 Å². The maximum absolute atomic E-state index is 13.7. The number of amides is 2. The summed E-state index contributed by atoms with van der Waals surface area (Å²) in [5.74, 6) is -0.666. The number of hydrogen-bond donors (Lipinski definition) is 1. The van der Waals surface area contributed by atoms with Crippen LogP contribution in [0.3, 0.4) is 0 Å². The topological polar surface area (TPSA) is 88.1 Å². The van der Waals surface area contributed by atoms with E-state index in [0.29, 0.717) is 30.5 Å². The first-order chi connectivity index (χ1) is 19.1. The molecule has 1 aliphatic heterocycles. The highest BCUT2D eigenvalue weighted by Crippen LogP contribution is 2.41. The van der Waals surface area contributed by atoms with Crippen molar-refractivity contribution < 1.29 is 32.3 Å². The van der Waals surface area contributed by atoms with Crippen molar-refractivity contribution in [3.8, 4) is 5.75 Å². The molecule has 0 saturated heterocycles. The predicted molar refractivity (Wildman–Crippen MR) is 145 cm³/mol. The van der Waals surface area contributed by atoms with Crippen molar-refractivity contribution in [2.75, 3.05) is 13.1 Å². The van der Waals surface area contributed by atoms with Crippen LogP contribution in [0.5, 0.6) is 5.75 Å². The molecule has 10 heteroatoms. The second kappa shape index (κ2) is 12.7. The van der Waals surface area contributed by atoms with Crippen LogP contribution in [0, 0.1) is 5.92 Å². The number of halogens is 3. The van der Waals surface area contributed by atoms with Crippen molar-refractivity contribution in [3.63, 3.8) is 0 Å². The fourth-order valence-corrected chi connectivity index (χ4v) is 5.57. The number of alkyl halides is 3. The highest BCUT2D eigenvalue weighted by Gasteiger charge is 2.48. The van der Waals surface area contributed by atoms with Crippen molar-refractivity contribution in [3.05, 3.63) is 65.3 Å². The summed E-state index contributed by atoms with van der Waals surface area (Å²) >= 11 is 0. The first kappa shape index (κ1) is 29.3. The number of carbonyl (C=O) groups excluding carboxylic acids is 3. The molecule has 4 rings (SSSR count). The number of benzene rings is 1. The smallest absolute Gasteiger partial charge is 0.406 e. The third-order valence-electron chi connectivity index (χ3n) is 7.71. The summed E-state index contributed by atoms with van der Waals surface area (Å²) in [7, 11) is 0. The highest BCUT2D eigenvalue weighted by atomic mass is 19.4. The standard InChI is InChI=1S/C30H34F3N3O4/c1-29(24-9-3-2-4-10-24)35-26(22-13-15-25(16-14-22)40-30(31,32)33)28(39)36(29)19-17-21-7-5-8-23(12-11-21)27(38)34-18-6-20-37/h5,8,11-16,20,24H,2-4,6-7,9-10,17-19H2,1H3,(H,34,38). The maximum Gasteiger partial charge on any atom is 0.573 e. The Morgan fingerprint density at radius 2 is 1.90 bits per heavy atom. The average Bonchev–Trinajstić information content (AvgIpc) is 3.06. The lowest BCUT2D eigenvalue weighted by atomic mass is 9.80. The van der Waals surface area contributed by atoms with Crippen molar-refractivity contribution in [1.29, 1.82) is 0 Å². The van der Waals surface area contributed by atoms with E-state index in [-0.39, 0.29) is 42.2 Å². The van der Waals surface area contributed by atoms with Crippen LogP contribution in [0.4, 0.5) is 13.2 Å². The molecule has 7 nitrogen and oxygen atoms in total. The molecule has 1 aromatic carbocycles. The van der Waals surface area contributed by atoms with E-state index in [4.69, 9.17) is 4.99 Å². The minimum Gasteiger partial charge on any atom is -0.406 e. The Bertz CT molecular complexity index is 1230. The predicted octanol–water partition coefficient (Wildman–Crippen LogP) is 5.42. The molecule has 0 bridgehead atoms. The Labute approximate surface area is 231 Å². The van der Waals surface area contributed by atoms with Crippen LogP contribution in [0.2, 0.25) is 0 Å². The number of allylic oxidation sites excluding steroid dienone is 3. The minimum atomic E-state index is -4.80. The van der Waals surface area contributed by atoms with Crippen LogP contribution in [-0.2, 0) is 14.4 Å². The maximum atomic E-state index is 13.7. The summed E-state index contributed by atoms with van der Waals surface area (Å²) in [5.41, 5.74) is 1.49. The molecular weight excluding hydrogens is 523 g/mol. The molecule has 0 radical (unpaired) electrons. The number of carbonyl (C=O) groups is 3. The SMILES string of the molecule is CC1(C2CCCCC2)N=C(c2ccc(OC(F)(F)F)cc2)C(=O)N1CCC1=CC=C(C(=O)NCCC=O)C=CC1. The minimum absolute atomic E-state index is 0.181. The number of nitrogens with one attached hydrogen (secondary N) is 1. The molecule has 1 atom stereocenters. The zero-order valence-electron chi connectivity index (χ0n) is 22.5. The van der Waals surface area contributed by atoms with E-state index in [1.54, 1.807) is 12.2 Å². The summed E-state index contributed by atoms with van der Waals surface area (Å²) in [6, 6.07) is 5.27. The van der Waals surface area contributed by atoms with Gasteiger partial charge in [0.1, 0.15) is 23.4 Å². The Balaban J connectivity index is 1.52. The quantitative estimate of drug-likeness (QED) is 0.307. The number of hydrogen-bond acceptors (Lipinski definition) is 5. The number of nitrogens with zero attached hydrogens (tertiary/aromatic N) is 2. The second-order valence-corrected chi connectivity index (χ2v) is 10.4. The van der Waals surface area contributed by atoms with E-state index in [2.05, 4.69) is 10.1 Å². The number of rotatable bonds is 10. The van der Waals surface area contributed by atoms with Crippen LogP contribution in [0.25, 0.3) is 0 Å². The van der Waals surface area contributed by atoms with Gasteiger partial charge in [-0.1, -0.05) is 43.1 Å². The molecule has 0 spiro atoms. The fraction of sp³-hybridized carbons (Fsp3) is 0.467. The van der Waals surface area contributed by atoms with Crippen molar-refractivity contribution >= 4 is 23.8 Å². The lowest BCUT2D eigenvalue weighted by molar-refractivity contribution is -0.274. The van der Waals surface area contributed by atoms with Crippen LogP contribution >= 0.6 is 0 Å². The largest absolute Gasteiger partial charge is 0.573 e. The van der Waals surface area contributed by atoms with Crippen molar-refractivity contribution in [2.24, 2.45) is 10.9 Å². The van der Waals surface area contributed by atoms with Gasteiger partial charge in [-0.25, -0.2) is 0 Å². The van der Waals surface area contributed by atoms with Gasteiger partial charge in [0.05, 0.1) is 0 Å². The molecule has 2 amide bonds. The monoisotopic (exact) mass is 557 g/mol. The molecule has 0 aromatic heterocycles. The highest BCUT2D eigenvalue weighted by molar-refractivity contribution is 6.46. The van der Waals surface area contributed by atoms with E-state index in [1.807, 2.05) is 24.0 Å². The van der Waals surface area contributed by atoms with Gasteiger partial charge in [-0.05, 0) is 62.9 Å². The van der Waals surface area contributed by atoms with Gasteiger partial charge in [0.15, 0.2) is 0 Å². The molecule has 1 fully saturated rings. The second-order valence-electron chi connectivity index (χ2n) is 10.4. The number of ether oxygens (including phenoxy) is 1. The molecule has 2 aliphatic carbocycles. The summed E-state index contributed by atoms with van der Waals surface area (Å²) in [6.45, 7) is 2.68. The molecule has 40 heavy (non-hydrogen) atoms. The molecule has 1 saturated carbocycles. The Morgan fingerprint density at radius 1 is 1.18 bits per heavy atom. The summed E-state index contributed by atoms with van der Waals surface area (Å²) in [4.78, 5) is 43.4. The summed E-state index contributed by atoms with van der Waals surface area (Å²) in [5, 5.41) is 2.71. The van der Waals surface area contributed by atoms with Gasteiger partial charge in [0.2, 0.25) is 0 Å².